The molecule has 0 radical (unpaired) electrons. The van der Waals surface area contributed by atoms with Crippen LogP contribution in [0.1, 0.15) is 29.2 Å². The number of aryl methyl sites for hydroxylation is 1. The molecule has 4 N–H and O–H groups in total. The van der Waals surface area contributed by atoms with Gasteiger partial charge in [0.2, 0.25) is 5.91 Å². The van der Waals surface area contributed by atoms with Crippen molar-refractivity contribution >= 4 is 50.2 Å². The molecule has 5 aromatic rings. The van der Waals surface area contributed by atoms with Crippen molar-refractivity contribution in [3.63, 3.8) is 0 Å². The number of benzene rings is 3. The van der Waals surface area contributed by atoms with Crippen molar-refractivity contribution in [3.8, 4) is 11.5 Å². The van der Waals surface area contributed by atoms with Crippen molar-refractivity contribution in [2.24, 2.45) is 0 Å². The number of hydrogen-bond donors (Lipinski definition) is 3. The van der Waals surface area contributed by atoms with E-state index in [0.717, 1.165) is 0 Å². The highest BCUT2D eigenvalue weighted by molar-refractivity contribution is 7.85. The van der Waals surface area contributed by atoms with E-state index in [1.807, 2.05) is 0 Å². The number of aromatic nitrogens is 4. The molecule has 0 saturated carbocycles. The summed E-state index contributed by atoms with van der Waals surface area (Å²) in [5.74, 6) is -0.633. The molecule has 2 aromatic heterocycles. The van der Waals surface area contributed by atoms with E-state index in [1.165, 1.54) is 6.07 Å². The molecule has 3 heterocycles. The van der Waals surface area contributed by atoms with Gasteiger partial charge in [0.1, 0.15) is 28.6 Å². The van der Waals surface area contributed by atoms with Gasteiger partial charge in [-0.3, -0.25) is 14.0 Å². The molecule has 6 rings (SSSR count). The van der Waals surface area contributed by atoms with Gasteiger partial charge in [-0.05, 0) is 48.7 Å². The number of anilines is 2. The van der Waals surface area contributed by atoms with E-state index >= 15 is 0 Å². The van der Waals surface area contributed by atoms with E-state index in [1.54, 1.807) is 72.3 Å². The summed E-state index contributed by atoms with van der Waals surface area (Å²) < 4.78 is 47.3. The van der Waals surface area contributed by atoms with Gasteiger partial charge in [0, 0.05) is 16.0 Å². The van der Waals surface area contributed by atoms with Gasteiger partial charge >= 0.3 is 0 Å². The number of nitrogens with one attached hydrogen (secondary N) is 1. The highest BCUT2D eigenvalue weighted by Crippen LogP contribution is 2.45. The van der Waals surface area contributed by atoms with Crippen LogP contribution in [0.15, 0.2) is 66.7 Å². The van der Waals surface area contributed by atoms with Crippen LogP contribution < -0.4 is 11.1 Å². The molecule has 10 nitrogen and oxygen atoms in total. The Hall–Kier alpha value is -4.39. The fourth-order valence-electron chi connectivity index (χ4n) is 5.26. The van der Waals surface area contributed by atoms with Crippen molar-refractivity contribution in [3.05, 3.63) is 99.8 Å². The second-order valence-corrected chi connectivity index (χ2v) is 12.2. The number of nitrogens with zero attached hydrogens (tertiary/aromatic N) is 4. The molecule has 214 valence electrons. The quantitative estimate of drug-likeness (QED) is 0.227. The average Bonchev–Trinajstić information content (AvgIpc) is 3.42. The normalized spacial score (nSPS) is 16.5. The van der Waals surface area contributed by atoms with E-state index in [2.05, 4.69) is 15.3 Å². The Kier molecular flexibility index (Phi) is 6.71. The molecule has 0 bridgehead atoms. The zero-order chi connectivity index (χ0) is 29.8. The van der Waals surface area contributed by atoms with E-state index in [0.29, 0.717) is 43.9 Å². The molecule has 1 aliphatic rings. The first-order chi connectivity index (χ1) is 19.9. The summed E-state index contributed by atoms with van der Waals surface area (Å²) in [6, 6.07) is 18.4. The predicted octanol–water partition coefficient (Wildman–Crippen LogP) is 4.60. The summed E-state index contributed by atoms with van der Waals surface area (Å²) in [6.07, 6.45) is 0.121. The molecule has 0 fully saturated rings. The molecule has 1 unspecified atom stereocenters. The Morgan fingerprint density at radius 3 is 2.55 bits per heavy atom. The SMILES string of the molecule is CC1(c2ccc(CCS(=O)(=O)O)cc2)C(=O)Nc2nc(-c3nn(Cc4ccccc4F)c4cc(Cl)ccc34)nc(N)c21. The average molecular weight is 607 g/mol. The molecule has 13 heteroatoms. The van der Waals surface area contributed by atoms with Gasteiger partial charge in [-0.1, -0.05) is 54.1 Å². The summed E-state index contributed by atoms with van der Waals surface area (Å²) in [5, 5.41) is 8.67. The van der Waals surface area contributed by atoms with Crippen LogP contribution in [-0.2, 0) is 33.3 Å². The minimum atomic E-state index is -4.10. The van der Waals surface area contributed by atoms with E-state index in [9.17, 15) is 17.6 Å². The summed E-state index contributed by atoms with van der Waals surface area (Å²) >= 11 is 6.28. The molecule has 0 saturated heterocycles. The smallest absolute Gasteiger partial charge is 0.265 e. The minimum Gasteiger partial charge on any atom is -0.383 e. The second-order valence-electron chi connectivity index (χ2n) is 10.2. The third-order valence-corrected chi connectivity index (χ3v) is 8.46. The number of nitrogens with two attached hydrogens (primary N) is 1. The zero-order valence-electron chi connectivity index (χ0n) is 22.2. The molecule has 1 amide bonds. The summed E-state index contributed by atoms with van der Waals surface area (Å²) in [6.45, 7) is 1.85. The maximum Gasteiger partial charge on any atom is 0.265 e. The van der Waals surface area contributed by atoms with Crippen LogP contribution in [0.25, 0.3) is 22.4 Å². The van der Waals surface area contributed by atoms with E-state index < -0.39 is 21.3 Å². The second kappa shape index (κ2) is 10.2. The summed E-state index contributed by atoms with van der Waals surface area (Å²) in [5.41, 5.74) is 8.42. The highest BCUT2D eigenvalue weighted by Gasteiger charge is 2.47. The lowest BCUT2D eigenvalue weighted by molar-refractivity contribution is -0.119. The van der Waals surface area contributed by atoms with Crippen molar-refractivity contribution in [2.45, 2.75) is 25.3 Å². The van der Waals surface area contributed by atoms with Crippen LogP contribution in [-0.4, -0.2) is 44.4 Å². The Morgan fingerprint density at radius 1 is 1.10 bits per heavy atom. The number of hydrogen-bond acceptors (Lipinski definition) is 7. The third-order valence-electron chi connectivity index (χ3n) is 7.51. The largest absolute Gasteiger partial charge is 0.383 e. The number of carbonyl (C=O) groups is 1. The van der Waals surface area contributed by atoms with Gasteiger partial charge in [0.25, 0.3) is 10.1 Å². The molecule has 0 spiro atoms. The van der Waals surface area contributed by atoms with Crippen molar-refractivity contribution < 1.29 is 22.2 Å². The molecule has 42 heavy (non-hydrogen) atoms. The van der Waals surface area contributed by atoms with E-state index in [-0.39, 0.29) is 42.2 Å². The monoisotopic (exact) mass is 606 g/mol. The molecule has 3 aromatic carbocycles. The summed E-state index contributed by atoms with van der Waals surface area (Å²) in [7, 11) is -4.10. The fraction of sp³-hybridized carbons (Fsp3) is 0.172. The number of nitrogen functional groups attached to an aromatic ring is 1. The molecule has 1 atom stereocenters. The number of carbonyl (C=O) groups excluding carboxylic acids is 1. The Bertz CT molecular complexity index is 2000. The lowest BCUT2D eigenvalue weighted by atomic mass is 9.77. The van der Waals surface area contributed by atoms with Crippen LogP contribution >= 0.6 is 11.6 Å². The van der Waals surface area contributed by atoms with Gasteiger partial charge < -0.3 is 11.1 Å². The lowest BCUT2D eigenvalue weighted by Crippen LogP contribution is -2.33. The maximum absolute atomic E-state index is 14.5. The Morgan fingerprint density at radius 2 is 1.83 bits per heavy atom. The van der Waals surface area contributed by atoms with Crippen LogP contribution in [0.3, 0.4) is 0 Å². The van der Waals surface area contributed by atoms with Gasteiger partial charge in [-0.25, -0.2) is 14.4 Å². The first-order valence-electron chi connectivity index (χ1n) is 12.9. The lowest BCUT2D eigenvalue weighted by Gasteiger charge is -2.23. The van der Waals surface area contributed by atoms with Gasteiger partial charge in [-0.2, -0.15) is 13.5 Å². The van der Waals surface area contributed by atoms with Crippen LogP contribution in [0.4, 0.5) is 16.0 Å². The molecule has 0 aliphatic carbocycles. The number of rotatable bonds is 7. The summed E-state index contributed by atoms with van der Waals surface area (Å²) in [4.78, 5) is 22.6. The van der Waals surface area contributed by atoms with Crippen LogP contribution in [0, 0.1) is 5.82 Å². The zero-order valence-corrected chi connectivity index (χ0v) is 23.7. The van der Waals surface area contributed by atoms with Crippen molar-refractivity contribution in [2.75, 3.05) is 16.8 Å². The highest BCUT2D eigenvalue weighted by atomic mass is 35.5. The topological polar surface area (TPSA) is 153 Å². The van der Waals surface area contributed by atoms with Crippen molar-refractivity contribution in [1.82, 2.24) is 19.7 Å². The maximum atomic E-state index is 14.5. The first kappa shape index (κ1) is 27.8. The van der Waals surface area contributed by atoms with Crippen molar-refractivity contribution in [1.29, 1.82) is 0 Å². The van der Waals surface area contributed by atoms with E-state index in [4.69, 9.17) is 27.0 Å². The van der Waals surface area contributed by atoms with Crippen LogP contribution in [0.5, 0.6) is 0 Å². The fourth-order valence-corrected chi connectivity index (χ4v) is 5.92. The number of halogens is 2. The Balaban J connectivity index is 1.40. The number of fused-ring (bicyclic) bond motifs is 2. The Labute approximate surface area is 245 Å². The first-order valence-corrected chi connectivity index (χ1v) is 14.9. The predicted molar refractivity (Wildman–Crippen MR) is 157 cm³/mol. The molecular weight excluding hydrogens is 583 g/mol. The van der Waals surface area contributed by atoms with Gasteiger partial charge in [0.15, 0.2) is 5.82 Å². The third kappa shape index (κ3) is 4.87. The number of amides is 1. The minimum absolute atomic E-state index is 0.0806. The van der Waals surface area contributed by atoms with Gasteiger partial charge in [-0.15, -0.1) is 0 Å². The van der Waals surface area contributed by atoms with Gasteiger partial charge in [0.05, 0.1) is 23.4 Å². The standard InChI is InChI=1S/C29H24ClFN6O4S/c1-29(18-8-6-16(7-9-18)12-13-42(39,40)41)23-25(32)33-27(34-26(23)35-28(29)38)24-20-11-10-19(30)14-22(20)37(36-24)15-17-4-2-3-5-21(17)31/h2-11,14H,12-13,15H2,1H3,(H,39,40,41)(H3,32,33,34,35,38). The molecular formula is C29H24ClFN6O4S. The van der Waals surface area contributed by atoms with Crippen LogP contribution in [0.2, 0.25) is 5.02 Å². The molecule has 1 aliphatic heterocycles.